The van der Waals surface area contributed by atoms with Gasteiger partial charge in [0.25, 0.3) is 0 Å². The first-order valence-electron chi connectivity index (χ1n) is 11.0. The summed E-state index contributed by atoms with van der Waals surface area (Å²) in [5.74, 6) is 1.62. The van der Waals surface area contributed by atoms with Gasteiger partial charge in [0.05, 0.1) is 5.25 Å². The number of ether oxygens (including phenoxy) is 2. The van der Waals surface area contributed by atoms with E-state index in [0.29, 0.717) is 47.3 Å². The molecule has 0 amide bonds. The molecule has 0 atom stereocenters. The minimum Gasteiger partial charge on any atom is -0.454 e. The maximum Gasteiger partial charge on any atom is 0.231 e. The van der Waals surface area contributed by atoms with E-state index in [2.05, 4.69) is 19.7 Å². The number of aryl methyl sites for hydroxylation is 1. The second-order valence-electron chi connectivity index (χ2n) is 8.11. The summed E-state index contributed by atoms with van der Waals surface area (Å²) >= 11 is 2.97. The average Bonchev–Trinajstić information content (AvgIpc) is 3.24. The Hall–Kier alpha value is -2.94. The summed E-state index contributed by atoms with van der Waals surface area (Å²) in [4.78, 5) is 18.6. The fourth-order valence-corrected chi connectivity index (χ4v) is 7.00. The normalized spacial score (nSPS) is 15.2. The number of hydrogen-bond acceptors (Lipinski definition) is 11. The number of nitrogens with zero attached hydrogens (tertiary/aromatic N) is 5. The van der Waals surface area contributed by atoms with E-state index < -0.39 is 10.0 Å². The van der Waals surface area contributed by atoms with Crippen molar-refractivity contribution in [3.8, 4) is 22.1 Å². The van der Waals surface area contributed by atoms with Crippen molar-refractivity contribution < 1.29 is 17.9 Å². The first-order valence-corrected chi connectivity index (χ1v) is 14.2. The van der Waals surface area contributed by atoms with Gasteiger partial charge in [0.2, 0.25) is 16.8 Å². The lowest BCUT2D eigenvalue weighted by molar-refractivity contribution is 0.174. The van der Waals surface area contributed by atoms with Crippen molar-refractivity contribution >= 4 is 50.1 Å². The van der Waals surface area contributed by atoms with Gasteiger partial charge in [-0.1, -0.05) is 11.8 Å². The van der Waals surface area contributed by atoms with E-state index in [1.54, 1.807) is 6.20 Å². The van der Waals surface area contributed by atoms with Crippen molar-refractivity contribution in [2.24, 2.45) is 0 Å². The Labute approximate surface area is 209 Å². The maximum absolute atomic E-state index is 12.2. The smallest absolute Gasteiger partial charge is 0.231 e. The van der Waals surface area contributed by atoms with E-state index in [-0.39, 0.29) is 17.9 Å². The van der Waals surface area contributed by atoms with Crippen molar-refractivity contribution in [1.82, 2.24) is 29.2 Å². The second-order valence-corrected chi connectivity index (χ2v) is 12.1. The number of anilines is 1. The van der Waals surface area contributed by atoms with Crippen LogP contribution >= 0.6 is 23.1 Å². The Bertz CT molecular complexity index is 1500. The third-order valence-electron chi connectivity index (χ3n) is 5.69. The van der Waals surface area contributed by atoms with E-state index in [4.69, 9.17) is 20.2 Å². The number of rotatable bonds is 9. The highest BCUT2D eigenvalue weighted by atomic mass is 32.2. The summed E-state index contributed by atoms with van der Waals surface area (Å²) in [6.45, 7) is 0.999. The predicted molar refractivity (Wildman–Crippen MR) is 132 cm³/mol. The van der Waals surface area contributed by atoms with Crippen LogP contribution in [0.3, 0.4) is 0 Å². The molecule has 4 aromatic rings. The van der Waals surface area contributed by atoms with E-state index in [1.165, 1.54) is 29.4 Å². The zero-order valence-corrected chi connectivity index (χ0v) is 20.8. The van der Waals surface area contributed by atoms with Crippen molar-refractivity contribution in [2.45, 2.75) is 41.1 Å². The van der Waals surface area contributed by atoms with Gasteiger partial charge in [0, 0.05) is 35.1 Å². The van der Waals surface area contributed by atoms with Crippen LogP contribution in [0.5, 0.6) is 11.5 Å². The minimum atomic E-state index is -3.23. The van der Waals surface area contributed by atoms with Crippen LogP contribution in [-0.2, 0) is 16.6 Å². The van der Waals surface area contributed by atoms with Crippen molar-refractivity contribution in [2.75, 3.05) is 19.1 Å². The lowest BCUT2D eigenvalue weighted by Gasteiger charge is -2.11. The molecule has 3 aromatic heterocycles. The molecule has 0 spiro atoms. The topological polar surface area (TPSA) is 147 Å². The molecule has 1 aliphatic heterocycles. The third-order valence-corrected chi connectivity index (χ3v) is 9.50. The number of nitrogens with one attached hydrogen (secondary N) is 1. The largest absolute Gasteiger partial charge is 0.454 e. The molecule has 1 aliphatic carbocycles. The first-order chi connectivity index (χ1) is 17.0. The zero-order valence-electron chi connectivity index (χ0n) is 18.4. The van der Waals surface area contributed by atoms with Crippen LogP contribution < -0.4 is 19.9 Å². The average molecular weight is 532 g/mol. The summed E-state index contributed by atoms with van der Waals surface area (Å²) in [6, 6.07) is 3.85. The Morgan fingerprint density at radius 3 is 2.80 bits per heavy atom. The summed E-state index contributed by atoms with van der Waals surface area (Å²) in [5.41, 5.74) is 8.10. The Kier molecular flexibility index (Phi) is 5.75. The summed E-state index contributed by atoms with van der Waals surface area (Å²) in [6.07, 6.45) is 5.19. The van der Waals surface area contributed by atoms with Gasteiger partial charge in [0.15, 0.2) is 33.6 Å². The van der Waals surface area contributed by atoms with E-state index in [0.717, 1.165) is 28.3 Å². The maximum atomic E-state index is 12.2. The molecule has 0 unspecified atom stereocenters. The molecular weight excluding hydrogens is 510 g/mol. The molecule has 0 radical (unpaired) electrons. The molecular formula is C21H21N7O4S3. The second kappa shape index (κ2) is 8.93. The number of sulfonamides is 1. The molecule has 35 heavy (non-hydrogen) atoms. The molecule has 14 heteroatoms. The highest BCUT2D eigenvalue weighted by Crippen LogP contribution is 2.45. The van der Waals surface area contributed by atoms with Crippen LogP contribution in [0, 0.1) is 0 Å². The molecule has 1 saturated carbocycles. The van der Waals surface area contributed by atoms with E-state index in [9.17, 15) is 8.42 Å². The Balaban J connectivity index is 1.33. The number of hydrogen-bond donors (Lipinski definition) is 2. The summed E-state index contributed by atoms with van der Waals surface area (Å²) in [7, 11) is -3.23. The number of nitrogens with two attached hydrogens (primary N) is 1. The molecule has 1 fully saturated rings. The number of nitrogen functional groups attached to an aromatic ring is 1. The SMILES string of the molecule is Nc1ncnc2c1nc(Sc1cc3c(cc1-c1nccs1)OCO3)n2CCCNS(=O)(=O)C1CC1. The number of aromatic nitrogens is 5. The fourth-order valence-electron chi connectivity index (χ4n) is 3.79. The lowest BCUT2D eigenvalue weighted by Crippen LogP contribution is -2.28. The molecule has 4 heterocycles. The summed E-state index contributed by atoms with van der Waals surface area (Å²) in [5, 5.41) is 3.18. The van der Waals surface area contributed by atoms with E-state index >= 15 is 0 Å². The Morgan fingerprint density at radius 2 is 2.03 bits per heavy atom. The van der Waals surface area contributed by atoms with Gasteiger partial charge in [-0.2, -0.15) is 0 Å². The fraction of sp³-hybridized carbons (Fsp3) is 0.333. The molecule has 6 rings (SSSR count). The Morgan fingerprint density at radius 1 is 1.20 bits per heavy atom. The quantitative estimate of drug-likeness (QED) is 0.309. The van der Waals surface area contributed by atoms with Crippen LogP contribution in [0.4, 0.5) is 5.82 Å². The minimum absolute atomic E-state index is 0.169. The van der Waals surface area contributed by atoms with Crippen LogP contribution in [0.2, 0.25) is 0 Å². The molecule has 11 nitrogen and oxygen atoms in total. The standard InChI is InChI=1S/C21H21N7O4S3/c22-18-17-19(25-10-24-18)28(6-1-4-26-35(29,30)12-2-3-12)21(27-17)34-16-9-15-14(31-11-32-15)8-13(16)20-23-5-7-33-20/h5,7-10,12,26H,1-4,6,11H2,(H2,22,24,25). The van der Waals surface area contributed by atoms with Crippen LogP contribution in [0.1, 0.15) is 19.3 Å². The summed E-state index contributed by atoms with van der Waals surface area (Å²) < 4.78 is 40.2. The van der Waals surface area contributed by atoms with Gasteiger partial charge in [0.1, 0.15) is 11.3 Å². The highest BCUT2D eigenvalue weighted by Gasteiger charge is 2.35. The third kappa shape index (κ3) is 4.42. The van der Waals surface area contributed by atoms with Gasteiger partial charge in [-0.25, -0.2) is 33.1 Å². The molecule has 3 N–H and O–H groups in total. The zero-order chi connectivity index (χ0) is 24.0. The van der Waals surface area contributed by atoms with Gasteiger partial charge >= 0.3 is 0 Å². The molecule has 0 bridgehead atoms. The molecule has 2 aliphatic rings. The number of benzene rings is 1. The van der Waals surface area contributed by atoms with Gasteiger partial charge in [-0.15, -0.1) is 11.3 Å². The monoisotopic (exact) mass is 531 g/mol. The van der Waals surface area contributed by atoms with Crippen LogP contribution in [0.25, 0.3) is 21.7 Å². The van der Waals surface area contributed by atoms with Crippen molar-refractivity contribution in [3.05, 3.63) is 30.0 Å². The molecule has 1 aromatic carbocycles. The highest BCUT2D eigenvalue weighted by molar-refractivity contribution is 7.99. The molecule has 182 valence electrons. The molecule has 0 saturated heterocycles. The predicted octanol–water partition coefficient (Wildman–Crippen LogP) is 2.88. The van der Waals surface area contributed by atoms with E-state index in [1.807, 2.05) is 22.1 Å². The lowest BCUT2D eigenvalue weighted by atomic mass is 10.2. The number of imidazole rings is 1. The number of fused-ring (bicyclic) bond motifs is 2. The van der Waals surface area contributed by atoms with Crippen LogP contribution in [0.15, 0.2) is 40.1 Å². The van der Waals surface area contributed by atoms with Crippen molar-refractivity contribution in [3.63, 3.8) is 0 Å². The first kappa shape index (κ1) is 22.5. The van der Waals surface area contributed by atoms with Gasteiger partial charge < -0.3 is 19.8 Å². The number of thiazole rings is 1. The van der Waals surface area contributed by atoms with Gasteiger partial charge in [-0.05, 0) is 31.4 Å². The van der Waals surface area contributed by atoms with Crippen LogP contribution in [-0.4, -0.2) is 51.5 Å². The van der Waals surface area contributed by atoms with Crippen molar-refractivity contribution in [1.29, 1.82) is 0 Å². The van der Waals surface area contributed by atoms with Gasteiger partial charge in [-0.3, -0.25) is 0 Å².